The van der Waals surface area contributed by atoms with E-state index in [2.05, 4.69) is 19.9 Å². The summed E-state index contributed by atoms with van der Waals surface area (Å²) in [5.41, 5.74) is 1.18. The van der Waals surface area contributed by atoms with Gasteiger partial charge in [0.05, 0.1) is 0 Å². The molecule has 0 radical (unpaired) electrons. The number of fused-ring (bicyclic) bond motifs is 1. The maximum absolute atomic E-state index is 13.2. The molecule has 0 aliphatic carbocycles. The van der Waals surface area contributed by atoms with E-state index in [1.165, 1.54) is 11.8 Å². The number of benzene rings is 1. The standard InChI is InChI=1S/C11H7FN4S/c12-11-15-9-8(13-6-14-9)10(16-11)17-7-4-2-1-3-5-7/h1-6H,(H,13,14,15,16)/p+1. The van der Waals surface area contributed by atoms with Crippen LogP contribution in [0.3, 0.4) is 0 Å². The highest BCUT2D eigenvalue weighted by Gasteiger charge is 2.16. The zero-order chi connectivity index (χ0) is 11.7. The van der Waals surface area contributed by atoms with E-state index in [9.17, 15) is 4.39 Å². The summed E-state index contributed by atoms with van der Waals surface area (Å²) >= 11 is 1.39. The molecule has 0 aliphatic rings. The van der Waals surface area contributed by atoms with Crippen LogP contribution < -0.4 is 4.98 Å². The van der Waals surface area contributed by atoms with Crippen molar-refractivity contribution in [3.8, 4) is 0 Å². The molecule has 3 rings (SSSR count). The van der Waals surface area contributed by atoms with Crippen LogP contribution in [0.2, 0.25) is 0 Å². The van der Waals surface area contributed by atoms with Crippen molar-refractivity contribution in [2.75, 3.05) is 0 Å². The Morgan fingerprint density at radius 2 is 2.00 bits per heavy atom. The van der Waals surface area contributed by atoms with Crippen molar-refractivity contribution in [3.05, 3.63) is 42.7 Å². The number of hydrogen-bond acceptors (Lipinski definition) is 3. The van der Waals surface area contributed by atoms with E-state index in [-0.39, 0.29) is 0 Å². The molecule has 2 heterocycles. The lowest BCUT2D eigenvalue weighted by Crippen LogP contribution is -2.01. The molecule has 17 heavy (non-hydrogen) atoms. The van der Waals surface area contributed by atoms with Gasteiger partial charge in [-0.25, -0.2) is 4.98 Å². The van der Waals surface area contributed by atoms with Gasteiger partial charge in [-0.15, -0.1) is 4.39 Å². The lowest BCUT2D eigenvalue weighted by atomic mass is 10.4. The van der Waals surface area contributed by atoms with Crippen LogP contribution in [0.4, 0.5) is 4.39 Å². The fourth-order valence-electron chi connectivity index (χ4n) is 1.50. The third-order valence-corrected chi connectivity index (χ3v) is 3.23. The molecule has 3 aromatic rings. The van der Waals surface area contributed by atoms with E-state index in [4.69, 9.17) is 0 Å². The topological polar surface area (TPSA) is 55.7 Å². The Kier molecular flexibility index (Phi) is 2.49. The second kappa shape index (κ2) is 4.14. The predicted molar refractivity (Wildman–Crippen MR) is 61.0 cm³/mol. The third-order valence-electron chi connectivity index (χ3n) is 2.23. The smallest absolute Gasteiger partial charge is 0.272 e. The highest BCUT2D eigenvalue weighted by atomic mass is 32.2. The number of hydrogen-bond donors (Lipinski definition) is 1. The van der Waals surface area contributed by atoms with Crippen LogP contribution in [-0.4, -0.2) is 15.0 Å². The monoisotopic (exact) mass is 247 g/mol. The fourth-order valence-corrected chi connectivity index (χ4v) is 2.39. The second-order valence-corrected chi connectivity index (χ2v) is 4.43. The van der Waals surface area contributed by atoms with Crippen LogP contribution in [0, 0.1) is 6.08 Å². The van der Waals surface area contributed by atoms with Crippen LogP contribution in [0.1, 0.15) is 0 Å². The number of halogens is 1. The van der Waals surface area contributed by atoms with Gasteiger partial charge in [0.1, 0.15) is 0 Å². The molecular formula is C11H8FN4S+. The highest BCUT2D eigenvalue weighted by Crippen LogP contribution is 2.29. The van der Waals surface area contributed by atoms with Crippen molar-refractivity contribution in [2.45, 2.75) is 9.92 Å². The maximum Gasteiger partial charge on any atom is 0.385 e. The minimum Gasteiger partial charge on any atom is -0.272 e. The van der Waals surface area contributed by atoms with E-state index in [0.717, 1.165) is 4.90 Å². The van der Waals surface area contributed by atoms with Gasteiger partial charge >= 0.3 is 11.7 Å². The molecule has 2 aromatic heterocycles. The first-order valence-corrected chi connectivity index (χ1v) is 5.80. The number of nitrogens with one attached hydrogen (secondary N) is 2. The van der Waals surface area contributed by atoms with E-state index in [1.54, 1.807) is 6.33 Å². The van der Waals surface area contributed by atoms with Gasteiger partial charge in [-0.1, -0.05) is 30.0 Å². The lowest BCUT2D eigenvalue weighted by molar-refractivity contribution is -0.347. The van der Waals surface area contributed by atoms with Crippen molar-refractivity contribution in [1.29, 1.82) is 0 Å². The Bertz CT molecular complexity index is 653. The molecule has 84 valence electrons. The maximum atomic E-state index is 13.2. The van der Waals surface area contributed by atoms with Gasteiger partial charge in [-0.05, 0) is 17.1 Å². The Morgan fingerprint density at radius 3 is 2.82 bits per heavy atom. The minimum absolute atomic E-state index is 0.468. The summed E-state index contributed by atoms with van der Waals surface area (Å²) in [5.74, 6) is 0. The average molecular weight is 247 g/mol. The summed E-state index contributed by atoms with van der Waals surface area (Å²) in [6.45, 7) is 0. The minimum atomic E-state index is -0.730. The Hall–Kier alpha value is -1.95. The quantitative estimate of drug-likeness (QED) is 0.557. The van der Waals surface area contributed by atoms with Crippen LogP contribution in [0.5, 0.6) is 0 Å². The van der Waals surface area contributed by atoms with E-state index >= 15 is 0 Å². The molecule has 2 N–H and O–H groups in total. The van der Waals surface area contributed by atoms with Crippen LogP contribution >= 0.6 is 11.8 Å². The van der Waals surface area contributed by atoms with Gasteiger partial charge in [-0.2, -0.15) is 4.98 Å². The number of H-pyrrole nitrogens is 2. The Morgan fingerprint density at radius 1 is 1.18 bits per heavy atom. The van der Waals surface area contributed by atoms with Crippen molar-refractivity contribution in [3.63, 3.8) is 0 Å². The zero-order valence-electron chi connectivity index (χ0n) is 8.64. The van der Waals surface area contributed by atoms with Gasteiger partial charge in [0.15, 0.2) is 11.4 Å². The second-order valence-electron chi connectivity index (χ2n) is 3.37. The summed E-state index contributed by atoms with van der Waals surface area (Å²) in [7, 11) is 0. The molecule has 0 saturated heterocycles. The first-order valence-electron chi connectivity index (χ1n) is 4.98. The van der Waals surface area contributed by atoms with Crippen LogP contribution in [0.15, 0.2) is 46.6 Å². The molecule has 6 heteroatoms. The van der Waals surface area contributed by atoms with Gasteiger partial charge in [0, 0.05) is 4.90 Å². The van der Waals surface area contributed by atoms with Crippen molar-refractivity contribution in [2.24, 2.45) is 0 Å². The van der Waals surface area contributed by atoms with Crippen molar-refractivity contribution >= 4 is 22.9 Å². The average Bonchev–Trinajstić information content (AvgIpc) is 2.78. The van der Waals surface area contributed by atoms with Gasteiger partial charge in [0.2, 0.25) is 5.52 Å². The molecule has 0 saturated carbocycles. The summed E-state index contributed by atoms with van der Waals surface area (Å²) in [5, 5.41) is 0.569. The van der Waals surface area contributed by atoms with Gasteiger partial charge in [0.25, 0.3) is 0 Å². The number of aromatic nitrogens is 4. The molecular weight excluding hydrogens is 239 g/mol. The van der Waals surface area contributed by atoms with Crippen molar-refractivity contribution < 1.29 is 9.37 Å². The van der Waals surface area contributed by atoms with E-state index in [0.29, 0.717) is 16.2 Å². The third kappa shape index (κ3) is 1.99. The summed E-state index contributed by atoms with van der Waals surface area (Å²) < 4.78 is 13.2. The van der Waals surface area contributed by atoms with E-state index in [1.807, 2.05) is 30.3 Å². The molecule has 0 unspecified atom stereocenters. The lowest BCUT2D eigenvalue weighted by Gasteiger charge is -1.98. The highest BCUT2D eigenvalue weighted by molar-refractivity contribution is 7.99. The SMILES string of the molecule is Fc1nc(Sc2ccccc2)c2[nH]c[nH+]c2n1. The first kappa shape index (κ1) is 10.2. The number of aromatic amines is 2. The number of rotatable bonds is 2. The summed E-state index contributed by atoms with van der Waals surface area (Å²) in [6, 6.07) is 9.69. The molecule has 4 nitrogen and oxygen atoms in total. The van der Waals surface area contributed by atoms with Gasteiger partial charge in [-0.3, -0.25) is 4.98 Å². The Balaban J connectivity index is 2.08. The van der Waals surface area contributed by atoms with Crippen LogP contribution in [-0.2, 0) is 0 Å². The molecule has 0 aliphatic heterocycles. The van der Waals surface area contributed by atoms with Crippen molar-refractivity contribution in [1.82, 2.24) is 15.0 Å². The largest absolute Gasteiger partial charge is 0.385 e. The number of nitrogens with zero attached hydrogens (tertiary/aromatic N) is 2. The van der Waals surface area contributed by atoms with E-state index < -0.39 is 6.08 Å². The fraction of sp³-hybridized carbons (Fsp3) is 0. The first-order chi connectivity index (χ1) is 8.33. The molecule has 1 aromatic carbocycles. The normalized spacial score (nSPS) is 10.9. The van der Waals surface area contributed by atoms with Crippen LogP contribution in [0.25, 0.3) is 11.2 Å². The molecule has 0 fully saturated rings. The number of imidazole rings is 1. The van der Waals surface area contributed by atoms with Gasteiger partial charge < -0.3 is 0 Å². The predicted octanol–water partition coefficient (Wildman–Crippen LogP) is 2.06. The molecule has 0 amide bonds. The Labute approximate surface area is 100 Å². The summed E-state index contributed by atoms with van der Waals surface area (Å²) in [4.78, 5) is 14.3. The molecule has 0 atom stereocenters. The zero-order valence-corrected chi connectivity index (χ0v) is 9.46. The molecule has 0 spiro atoms. The summed E-state index contributed by atoms with van der Waals surface area (Å²) in [6.07, 6.45) is 0.875. The molecule has 0 bridgehead atoms.